The highest BCUT2D eigenvalue weighted by Gasteiger charge is 1.92. The van der Waals surface area contributed by atoms with E-state index in [4.69, 9.17) is 4.74 Å². The first kappa shape index (κ1) is 18.4. The van der Waals surface area contributed by atoms with Crippen LogP contribution in [0.3, 0.4) is 0 Å². The van der Waals surface area contributed by atoms with Gasteiger partial charge in [-0.1, -0.05) is 56.1 Å². The maximum Gasteiger partial charge on any atom is 0.119 e. The van der Waals surface area contributed by atoms with Crippen molar-refractivity contribution in [1.82, 2.24) is 0 Å². The van der Waals surface area contributed by atoms with Crippen LogP contribution in [0.1, 0.15) is 43.4 Å². The summed E-state index contributed by atoms with van der Waals surface area (Å²) in [7, 11) is 0. The summed E-state index contributed by atoms with van der Waals surface area (Å²) in [5, 5.41) is 0. The molecule has 25 heavy (non-hydrogen) atoms. The number of unbranched alkanes of at least 4 members (excludes halogenated alkanes) is 1. The Morgan fingerprint density at radius 2 is 1.36 bits per heavy atom. The van der Waals surface area contributed by atoms with Gasteiger partial charge in [-0.25, -0.2) is 0 Å². The molecule has 2 aromatic rings. The van der Waals surface area contributed by atoms with Gasteiger partial charge < -0.3 is 4.74 Å². The first-order valence-corrected chi connectivity index (χ1v) is 8.81. The van der Waals surface area contributed by atoms with Crippen LogP contribution >= 0.6 is 0 Å². The van der Waals surface area contributed by atoms with Crippen molar-refractivity contribution in [1.29, 1.82) is 0 Å². The average Bonchev–Trinajstić information content (AvgIpc) is 2.66. The molecule has 0 amide bonds. The summed E-state index contributed by atoms with van der Waals surface area (Å²) < 4.78 is 5.64. The van der Waals surface area contributed by atoms with E-state index < -0.39 is 0 Å². The zero-order valence-electron chi connectivity index (χ0n) is 15.0. The van der Waals surface area contributed by atoms with Crippen LogP contribution in [-0.2, 0) is 6.42 Å². The molecule has 2 aromatic carbocycles. The molecular formula is C24H24O. The van der Waals surface area contributed by atoms with Crippen LogP contribution in [0.15, 0.2) is 60.7 Å². The number of hydrogen-bond acceptors (Lipinski definition) is 1. The maximum absolute atomic E-state index is 5.64. The van der Waals surface area contributed by atoms with Gasteiger partial charge in [-0.05, 0) is 67.0 Å². The third kappa shape index (κ3) is 7.03. The third-order valence-electron chi connectivity index (χ3n) is 3.67. The second-order valence-corrected chi connectivity index (χ2v) is 5.65. The van der Waals surface area contributed by atoms with Crippen LogP contribution < -0.4 is 4.74 Å². The molecule has 0 aromatic heterocycles. The van der Waals surface area contributed by atoms with Crippen LogP contribution in [-0.4, -0.2) is 6.61 Å². The summed E-state index contributed by atoms with van der Waals surface area (Å²) in [6.07, 6.45) is 6.83. The van der Waals surface area contributed by atoms with E-state index in [9.17, 15) is 0 Å². The monoisotopic (exact) mass is 328 g/mol. The van der Waals surface area contributed by atoms with Gasteiger partial charge in [0.15, 0.2) is 0 Å². The van der Waals surface area contributed by atoms with E-state index in [1.54, 1.807) is 12.2 Å². The van der Waals surface area contributed by atoms with Crippen molar-refractivity contribution < 1.29 is 4.74 Å². The second kappa shape index (κ2) is 10.8. The van der Waals surface area contributed by atoms with E-state index >= 15 is 0 Å². The van der Waals surface area contributed by atoms with Gasteiger partial charge in [0, 0.05) is 11.1 Å². The fraction of sp³-hybridized carbons (Fsp3) is 0.250. The Labute approximate surface area is 151 Å². The van der Waals surface area contributed by atoms with E-state index in [-0.39, 0.29) is 0 Å². The van der Waals surface area contributed by atoms with Crippen molar-refractivity contribution >= 4 is 0 Å². The lowest BCUT2D eigenvalue weighted by Crippen LogP contribution is -1.95. The summed E-state index contributed by atoms with van der Waals surface area (Å²) in [4.78, 5) is 0. The fourth-order valence-corrected chi connectivity index (χ4v) is 2.13. The molecule has 126 valence electrons. The number of benzene rings is 2. The Hall–Kier alpha value is -2.90. The predicted octanol–water partition coefficient (Wildman–Crippen LogP) is 5.39. The topological polar surface area (TPSA) is 9.23 Å². The van der Waals surface area contributed by atoms with Gasteiger partial charge in [0.05, 0.1) is 6.61 Å². The minimum absolute atomic E-state index is 0.768. The van der Waals surface area contributed by atoms with E-state index in [2.05, 4.69) is 61.8 Å². The second-order valence-electron chi connectivity index (χ2n) is 5.65. The number of ether oxygens (including phenoxy) is 1. The molecule has 0 radical (unpaired) electrons. The molecule has 0 aliphatic rings. The Morgan fingerprint density at radius 3 is 1.88 bits per heavy atom. The van der Waals surface area contributed by atoms with E-state index in [1.165, 1.54) is 5.56 Å². The zero-order valence-corrected chi connectivity index (χ0v) is 15.0. The summed E-state index contributed by atoms with van der Waals surface area (Å²) in [6.45, 7) is 5.07. The van der Waals surface area contributed by atoms with Gasteiger partial charge in [0.1, 0.15) is 5.75 Å². The Balaban J connectivity index is 1.85. The van der Waals surface area contributed by atoms with E-state index in [0.29, 0.717) is 0 Å². The smallest absolute Gasteiger partial charge is 0.119 e. The van der Waals surface area contributed by atoms with Crippen molar-refractivity contribution in [3.8, 4) is 29.4 Å². The van der Waals surface area contributed by atoms with Crippen LogP contribution in [0.5, 0.6) is 5.75 Å². The molecule has 0 atom stereocenters. The summed E-state index contributed by atoms with van der Waals surface area (Å²) in [6, 6.07) is 16.2. The van der Waals surface area contributed by atoms with Gasteiger partial charge in [0.25, 0.3) is 0 Å². The quantitative estimate of drug-likeness (QED) is 0.528. The van der Waals surface area contributed by atoms with Crippen LogP contribution in [0.4, 0.5) is 0 Å². The molecule has 2 rings (SSSR count). The molecule has 0 fully saturated rings. The molecule has 1 heteroatoms. The van der Waals surface area contributed by atoms with Crippen LogP contribution in [0.25, 0.3) is 0 Å². The largest absolute Gasteiger partial charge is 0.494 e. The highest BCUT2D eigenvalue weighted by Crippen LogP contribution is 2.12. The third-order valence-corrected chi connectivity index (χ3v) is 3.67. The molecule has 0 bridgehead atoms. The number of allylic oxidation sites excluding steroid dienone is 2. The standard InChI is InChI=1S/C24H24O/c1-3-5-20-25-24-18-16-23(17-19-24)11-9-7-6-8-10-22-14-12-21(4-2)13-15-22/h6-7,12-19H,3-5,20H2,1-2H3. The van der Waals surface area contributed by atoms with Gasteiger partial charge in [0.2, 0.25) is 0 Å². The lowest BCUT2D eigenvalue weighted by atomic mass is 10.1. The van der Waals surface area contributed by atoms with Gasteiger partial charge in [-0.15, -0.1) is 0 Å². The molecule has 0 N–H and O–H groups in total. The molecule has 0 aliphatic heterocycles. The number of rotatable bonds is 5. The molecule has 0 spiro atoms. The van der Waals surface area contributed by atoms with Crippen molar-refractivity contribution in [3.05, 3.63) is 77.4 Å². The summed E-state index contributed by atoms with van der Waals surface area (Å²) in [5.41, 5.74) is 3.32. The van der Waals surface area contributed by atoms with Gasteiger partial charge in [-0.2, -0.15) is 0 Å². The fourth-order valence-electron chi connectivity index (χ4n) is 2.13. The van der Waals surface area contributed by atoms with Crippen LogP contribution in [0.2, 0.25) is 0 Å². The summed E-state index contributed by atoms with van der Waals surface area (Å²) in [5.74, 6) is 13.1. The molecular weight excluding hydrogens is 304 g/mol. The first-order valence-electron chi connectivity index (χ1n) is 8.81. The predicted molar refractivity (Wildman–Crippen MR) is 106 cm³/mol. The minimum atomic E-state index is 0.768. The molecule has 0 heterocycles. The Kier molecular flexibility index (Phi) is 7.96. The van der Waals surface area contributed by atoms with Crippen LogP contribution in [0, 0.1) is 23.7 Å². The first-order chi connectivity index (χ1) is 12.3. The van der Waals surface area contributed by atoms with Crippen molar-refractivity contribution in [3.63, 3.8) is 0 Å². The number of aryl methyl sites for hydroxylation is 1. The molecule has 1 nitrogen and oxygen atoms in total. The average molecular weight is 328 g/mol. The Bertz CT molecular complexity index is 788. The van der Waals surface area contributed by atoms with Crippen molar-refractivity contribution in [2.45, 2.75) is 33.1 Å². The zero-order chi connectivity index (χ0) is 17.7. The lowest BCUT2D eigenvalue weighted by molar-refractivity contribution is 0.309. The van der Waals surface area contributed by atoms with Crippen molar-refractivity contribution in [2.24, 2.45) is 0 Å². The molecule has 0 saturated carbocycles. The Morgan fingerprint density at radius 1 is 0.800 bits per heavy atom. The van der Waals surface area contributed by atoms with E-state index in [1.807, 2.05) is 24.3 Å². The van der Waals surface area contributed by atoms with Gasteiger partial charge >= 0.3 is 0 Å². The SMILES string of the molecule is CCCCOc1ccc(C#CC=CC#Cc2ccc(CC)cc2)cc1. The summed E-state index contributed by atoms with van der Waals surface area (Å²) >= 11 is 0. The molecule has 0 unspecified atom stereocenters. The minimum Gasteiger partial charge on any atom is -0.494 e. The highest BCUT2D eigenvalue weighted by molar-refractivity contribution is 5.42. The van der Waals surface area contributed by atoms with Crippen molar-refractivity contribution in [2.75, 3.05) is 6.61 Å². The number of hydrogen-bond donors (Lipinski definition) is 0. The molecule has 0 saturated heterocycles. The highest BCUT2D eigenvalue weighted by atomic mass is 16.5. The normalized spacial score (nSPS) is 9.84. The van der Waals surface area contributed by atoms with E-state index in [0.717, 1.165) is 42.7 Å². The molecule has 0 aliphatic carbocycles. The lowest BCUT2D eigenvalue weighted by Gasteiger charge is -2.04. The van der Waals surface area contributed by atoms with Gasteiger partial charge in [-0.3, -0.25) is 0 Å². The maximum atomic E-state index is 5.64.